The van der Waals surface area contributed by atoms with Gasteiger partial charge in [-0.25, -0.2) is 24.1 Å². The molecule has 11 heteroatoms. The Hall–Kier alpha value is -4.28. The SMILES string of the molecule is Cc1nc(C(=O)Nc2ccc(F)c(-c3cn4cc(NC(=O)OC(C)C)cnc4n3)c2)c(C)o1. The number of aromatic nitrogens is 4. The van der Waals surface area contributed by atoms with Gasteiger partial charge in [-0.1, -0.05) is 0 Å². The quantitative estimate of drug-likeness (QED) is 0.461. The van der Waals surface area contributed by atoms with Crippen molar-refractivity contribution in [3.05, 3.63) is 60.0 Å². The first-order valence-corrected chi connectivity index (χ1v) is 10.1. The standard InChI is InChI=1S/C22H21FN6O4/c1-11(2)32-22(31)27-15-8-24-21-28-18(10-29(21)9-15)16-7-14(5-6-17(16)23)26-20(30)19-12(3)33-13(4)25-19/h5-11H,1-4H3,(H,26,30)(H,27,31). The van der Waals surface area contributed by atoms with Crippen molar-refractivity contribution in [2.45, 2.75) is 33.8 Å². The van der Waals surface area contributed by atoms with E-state index in [1.165, 1.54) is 24.4 Å². The summed E-state index contributed by atoms with van der Waals surface area (Å²) in [5.74, 6) is 0.0723. The zero-order valence-electron chi connectivity index (χ0n) is 18.3. The molecule has 33 heavy (non-hydrogen) atoms. The highest BCUT2D eigenvalue weighted by atomic mass is 19.1. The molecule has 0 aliphatic rings. The Morgan fingerprint density at radius 2 is 1.91 bits per heavy atom. The Labute approximate surface area is 187 Å². The van der Waals surface area contributed by atoms with Gasteiger partial charge >= 0.3 is 6.09 Å². The van der Waals surface area contributed by atoms with Crippen LogP contribution >= 0.6 is 0 Å². The molecule has 0 fully saturated rings. The van der Waals surface area contributed by atoms with E-state index in [1.807, 2.05) is 0 Å². The summed E-state index contributed by atoms with van der Waals surface area (Å²) in [6.45, 7) is 6.76. The molecule has 0 radical (unpaired) electrons. The molecule has 2 amide bonds. The average Bonchev–Trinajstić information content (AvgIpc) is 3.30. The van der Waals surface area contributed by atoms with Gasteiger partial charge in [0.25, 0.3) is 5.91 Å². The molecule has 0 bridgehead atoms. The number of carbonyl (C=O) groups is 2. The number of amides is 2. The predicted octanol–water partition coefficient (Wildman–Crippen LogP) is 4.35. The highest BCUT2D eigenvalue weighted by Gasteiger charge is 2.17. The van der Waals surface area contributed by atoms with Gasteiger partial charge in [-0.3, -0.25) is 14.5 Å². The van der Waals surface area contributed by atoms with Crippen LogP contribution in [-0.2, 0) is 4.74 Å². The van der Waals surface area contributed by atoms with Crippen molar-refractivity contribution in [1.29, 1.82) is 0 Å². The smallest absolute Gasteiger partial charge is 0.411 e. The summed E-state index contributed by atoms with van der Waals surface area (Å²) in [5.41, 5.74) is 1.37. The number of imidazole rings is 1. The van der Waals surface area contributed by atoms with Crippen LogP contribution in [0.5, 0.6) is 0 Å². The number of halogens is 1. The van der Waals surface area contributed by atoms with E-state index >= 15 is 0 Å². The third-order valence-electron chi connectivity index (χ3n) is 4.52. The molecule has 170 valence electrons. The van der Waals surface area contributed by atoms with Gasteiger partial charge in [0.1, 0.15) is 11.6 Å². The lowest BCUT2D eigenvalue weighted by Crippen LogP contribution is -2.18. The zero-order valence-corrected chi connectivity index (χ0v) is 18.3. The number of hydrogen-bond acceptors (Lipinski definition) is 7. The lowest BCUT2D eigenvalue weighted by Gasteiger charge is -2.09. The Balaban J connectivity index is 1.59. The maximum atomic E-state index is 14.6. The van der Waals surface area contributed by atoms with Gasteiger partial charge in [0.05, 0.1) is 23.7 Å². The molecular weight excluding hydrogens is 431 g/mol. The van der Waals surface area contributed by atoms with Crippen molar-refractivity contribution in [3.8, 4) is 11.3 Å². The van der Waals surface area contributed by atoms with Gasteiger partial charge in [-0.15, -0.1) is 0 Å². The van der Waals surface area contributed by atoms with Crippen LogP contribution in [0.3, 0.4) is 0 Å². The second-order valence-electron chi connectivity index (χ2n) is 7.54. The monoisotopic (exact) mass is 452 g/mol. The van der Waals surface area contributed by atoms with E-state index in [2.05, 4.69) is 25.6 Å². The van der Waals surface area contributed by atoms with Crippen LogP contribution in [0.25, 0.3) is 17.0 Å². The zero-order chi connectivity index (χ0) is 23.7. The van der Waals surface area contributed by atoms with E-state index < -0.39 is 17.8 Å². The van der Waals surface area contributed by atoms with Gasteiger partial charge in [0.15, 0.2) is 11.6 Å². The number of ether oxygens (including phenoxy) is 1. The number of hydrogen-bond donors (Lipinski definition) is 2. The van der Waals surface area contributed by atoms with E-state index in [0.29, 0.717) is 34.5 Å². The Morgan fingerprint density at radius 1 is 1.12 bits per heavy atom. The van der Waals surface area contributed by atoms with Crippen molar-refractivity contribution in [2.24, 2.45) is 0 Å². The van der Waals surface area contributed by atoms with Gasteiger partial charge in [-0.2, -0.15) is 0 Å². The van der Waals surface area contributed by atoms with Crippen LogP contribution in [0, 0.1) is 19.7 Å². The van der Waals surface area contributed by atoms with Crippen molar-refractivity contribution in [1.82, 2.24) is 19.4 Å². The first-order chi connectivity index (χ1) is 15.7. The van der Waals surface area contributed by atoms with E-state index in [9.17, 15) is 14.0 Å². The number of anilines is 2. The molecule has 10 nitrogen and oxygen atoms in total. The average molecular weight is 452 g/mol. The summed E-state index contributed by atoms with van der Waals surface area (Å²) in [6.07, 6.45) is 3.69. The number of aryl methyl sites for hydroxylation is 2. The molecule has 0 saturated heterocycles. The summed E-state index contributed by atoms with van der Waals surface area (Å²) < 4.78 is 26.5. The fourth-order valence-electron chi connectivity index (χ4n) is 3.17. The number of nitrogens with one attached hydrogen (secondary N) is 2. The van der Waals surface area contributed by atoms with Crippen LogP contribution in [0.15, 0.2) is 41.2 Å². The van der Waals surface area contributed by atoms with Crippen molar-refractivity contribution in [2.75, 3.05) is 10.6 Å². The largest absolute Gasteiger partial charge is 0.447 e. The van der Waals surface area contributed by atoms with E-state index in [4.69, 9.17) is 9.15 Å². The molecule has 0 aliphatic heterocycles. The lowest BCUT2D eigenvalue weighted by atomic mass is 10.1. The lowest BCUT2D eigenvalue weighted by molar-refractivity contribution is 0.102. The molecule has 0 unspecified atom stereocenters. The summed E-state index contributed by atoms with van der Waals surface area (Å²) in [6, 6.07) is 4.14. The Morgan fingerprint density at radius 3 is 2.61 bits per heavy atom. The fourth-order valence-corrected chi connectivity index (χ4v) is 3.17. The van der Waals surface area contributed by atoms with E-state index in [0.717, 1.165) is 0 Å². The van der Waals surface area contributed by atoms with Gasteiger partial charge in [-0.05, 0) is 39.0 Å². The number of benzene rings is 1. The maximum absolute atomic E-state index is 14.6. The molecule has 3 aromatic heterocycles. The van der Waals surface area contributed by atoms with Crippen molar-refractivity contribution >= 4 is 29.2 Å². The maximum Gasteiger partial charge on any atom is 0.411 e. The molecule has 2 N–H and O–H groups in total. The summed E-state index contributed by atoms with van der Waals surface area (Å²) >= 11 is 0. The fraction of sp³-hybridized carbons (Fsp3) is 0.227. The third kappa shape index (κ3) is 4.81. The molecule has 3 heterocycles. The summed E-state index contributed by atoms with van der Waals surface area (Å²) in [4.78, 5) is 36.9. The molecule has 0 saturated carbocycles. The minimum Gasteiger partial charge on any atom is -0.447 e. The first kappa shape index (κ1) is 21.9. The van der Waals surface area contributed by atoms with Crippen molar-refractivity contribution < 1.29 is 23.1 Å². The highest BCUT2D eigenvalue weighted by molar-refractivity contribution is 6.03. The second-order valence-corrected chi connectivity index (χ2v) is 7.54. The number of fused-ring (bicyclic) bond motifs is 1. The summed E-state index contributed by atoms with van der Waals surface area (Å²) in [5, 5.41) is 5.26. The van der Waals surface area contributed by atoms with Gasteiger partial charge in [0.2, 0.25) is 5.78 Å². The van der Waals surface area contributed by atoms with Gasteiger partial charge < -0.3 is 14.5 Å². The van der Waals surface area contributed by atoms with E-state index in [-0.39, 0.29) is 17.4 Å². The molecule has 4 rings (SSSR count). The van der Waals surface area contributed by atoms with Crippen LogP contribution in [0.1, 0.15) is 36.0 Å². The minimum atomic E-state index is -0.612. The Bertz CT molecular complexity index is 1360. The predicted molar refractivity (Wildman–Crippen MR) is 118 cm³/mol. The number of carbonyl (C=O) groups excluding carboxylic acids is 2. The molecule has 0 aliphatic carbocycles. The molecular formula is C22H21FN6O4. The highest BCUT2D eigenvalue weighted by Crippen LogP contribution is 2.26. The second kappa shape index (κ2) is 8.69. The Kier molecular flexibility index (Phi) is 5.78. The summed E-state index contributed by atoms with van der Waals surface area (Å²) in [7, 11) is 0. The molecule has 0 spiro atoms. The number of oxazole rings is 1. The normalized spacial score (nSPS) is 11.1. The first-order valence-electron chi connectivity index (χ1n) is 10.1. The number of nitrogens with zero attached hydrogens (tertiary/aromatic N) is 4. The minimum absolute atomic E-state index is 0.159. The van der Waals surface area contributed by atoms with Crippen molar-refractivity contribution in [3.63, 3.8) is 0 Å². The van der Waals surface area contributed by atoms with E-state index in [1.54, 1.807) is 44.5 Å². The van der Waals surface area contributed by atoms with Crippen LogP contribution < -0.4 is 10.6 Å². The van der Waals surface area contributed by atoms with Gasteiger partial charge in [0, 0.05) is 30.6 Å². The molecule has 4 aromatic rings. The number of rotatable bonds is 5. The molecule has 1 aromatic carbocycles. The molecule has 0 atom stereocenters. The van der Waals surface area contributed by atoms with Crippen LogP contribution in [0.4, 0.5) is 20.6 Å². The third-order valence-corrected chi connectivity index (χ3v) is 4.52. The van der Waals surface area contributed by atoms with Crippen LogP contribution in [-0.4, -0.2) is 37.5 Å². The van der Waals surface area contributed by atoms with Crippen LogP contribution in [0.2, 0.25) is 0 Å². The topological polar surface area (TPSA) is 124 Å².